The van der Waals surface area contributed by atoms with E-state index in [2.05, 4.69) is 0 Å². The molecule has 0 saturated heterocycles. The van der Waals surface area contributed by atoms with E-state index in [-0.39, 0.29) is 32.3 Å². The largest absolute Gasteiger partial charge is 0.480 e. The minimum absolute atomic E-state index is 0.0179. The summed E-state index contributed by atoms with van der Waals surface area (Å²) >= 11 is 0. The molecule has 0 aliphatic carbocycles. The first-order chi connectivity index (χ1) is 12.3. The minimum atomic E-state index is -3.20. The Bertz CT molecular complexity index is 711. The lowest BCUT2D eigenvalue weighted by atomic mass is 9.89. The monoisotopic (exact) mass is 385 g/mol. The first-order valence-electron chi connectivity index (χ1n) is 8.51. The van der Waals surface area contributed by atoms with Crippen LogP contribution in [-0.2, 0) is 37.8 Å². The lowest BCUT2D eigenvalue weighted by Gasteiger charge is -2.33. The third kappa shape index (κ3) is 4.63. The van der Waals surface area contributed by atoms with Crippen LogP contribution in [-0.4, -0.2) is 52.6 Å². The number of rotatable bonds is 8. The fourth-order valence-corrected chi connectivity index (χ4v) is 4.80. The van der Waals surface area contributed by atoms with Gasteiger partial charge in [-0.2, -0.15) is 0 Å². The number of hydrogen-bond acceptors (Lipinski definition) is 5. The van der Waals surface area contributed by atoms with Gasteiger partial charge in [-0.3, -0.25) is 9.46 Å². The number of amides is 1. The zero-order chi connectivity index (χ0) is 19.3. The molecule has 26 heavy (non-hydrogen) atoms. The summed E-state index contributed by atoms with van der Waals surface area (Å²) in [6.07, 6.45) is -0.586. The molecule has 0 bridgehead atoms. The number of fused-ring (bicyclic) bond motifs is 1. The molecule has 1 atom stereocenters. The summed E-state index contributed by atoms with van der Waals surface area (Å²) in [6, 6.07) is 4.29. The number of hydrogen-bond donors (Lipinski definition) is 2. The summed E-state index contributed by atoms with van der Waals surface area (Å²) in [5, 5.41) is 18.7. The van der Waals surface area contributed by atoms with Gasteiger partial charge in [-0.25, -0.2) is 9.59 Å². The van der Waals surface area contributed by atoms with Gasteiger partial charge in [-0.1, -0.05) is 18.2 Å². The van der Waals surface area contributed by atoms with Gasteiger partial charge < -0.3 is 19.3 Å². The predicted molar refractivity (Wildman–Crippen MR) is 94.6 cm³/mol. The van der Waals surface area contributed by atoms with E-state index in [9.17, 15) is 24.4 Å². The predicted octanol–water partition coefficient (Wildman–Crippen LogP) is 2.98. The van der Waals surface area contributed by atoms with Crippen LogP contribution in [0.4, 0.5) is 4.79 Å². The van der Waals surface area contributed by atoms with Crippen molar-refractivity contribution in [3.05, 3.63) is 34.9 Å². The van der Waals surface area contributed by atoms with Crippen LogP contribution >= 0.6 is 7.60 Å². The molecule has 8 nitrogen and oxygen atoms in total. The van der Waals surface area contributed by atoms with Crippen molar-refractivity contribution in [3.63, 3.8) is 0 Å². The topological polar surface area (TPSA) is 113 Å². The molecule has 0 spiro atoms. The second-order valence-corrected chi connectivity index (χ2v) is 8.13. The molecule has 1 aliphatic heterocycles. The number of aryl methyl sites for hydroxylation is 1. The van der Waals surface area contributed by atoms with Crippen LogP contribution in [0.3, 0.4) is 0 Å². The Balaban J connectivity index is 2.26. The molecule has 0 fully saturated rings. The number of benzene rings is 1. The maximum atomic E-state index is 12.6. The lowest BCUT2D eigenvalue weighted by molar-refractivity contribution is -0.143. The zero-order valence-corrected chi connectivity index (χ0v) is 15.8. The summed E-state index contributed by atoms with van der Waals surface area (Å²) in [4.78, 5) is 23.8. The number of carbonyl (C=O) groups is 2. The van der Waals surface area contributed by atoms with Gasteiger partial charge in [0, 0.05) is 6.42 Å². The fraction of sp³-hybridized carbons (Fsp3) is 0.529. The first kappa shape index (κ1) is 20.4. The summed E-state index contributed by atoms with van der Waals surface area (Å²) < 4.78 is 23.2. The van der Waals surface area contributed by atoms with E-state index < -0.39 is 25.7 Å². The molecular weight excluding hydrogens is 361 g/mol. The van der Waals surface area contributed by atoms with Crippen molar-refractivity contribution in [1.82, 2.24) is 4.90 Å². The molecule has 144 valence electrons. The van der Waals surface area contributed by atoms with Crippen molar-refractivity contribution >= 4 is 19.7 Å². The molecule has 2 N–H and O–H groups in total. The summed E-state index contributed by atoms with van der Waals surface area (Å²) in [5.41, 5.74) is 2.42. The highest BCUT2D eigenvalue weighted by atomic mass is 31.2. The average molecular weight is 385 g/mol. The van der Waals surface area contributed by atoms with E-state index in [4.69, 9.17) is 9.05 Å². The quantitative estimate of drug-likeness (QED) is 0.661. The van der Waals surface area contributed by atoms with E-state index in [0.717, 1.165) is 21.6 Å². The number of nitrogens with zero attached hydrogens (tertiary/aromatic N) is 1. The average Bonchev–Trinajstić information content (AvgIpc) is 2.59. The highest BCUT2D eigenvalue weighted by molar-refractivity contribution is 7.53. The van der Waals surface area contributed by atoms with Crippen LogP contribution in [0.5, 0.6) is 0 Å². The molecule has 0 radical (unpaired) electrons. The molecule has 1 amide bonds. The van der Waals surface area contributed by atoms with Crippen molar-refractivity contribution in [2.24, 2.45) is 0 Å². The van der Waals surface area contributed by atoms with Gasteiger partial charge in [0.15, 0.2) is 0 Å². The molecule has 2 rings (SSSR count). The molecule has 1 heterocycles. The standard InChI is InChI=1S/C17H24NO7P/c1-3-24-26(23,25-4-2)9-8-12-6-5-7-13-11-18(17(21)22)15(16(19)20)10-14(12)13/h5-7,15H,3-4,8-11H2,1-2H3,(H,19,20)(H,21,22). The molecule has 1 aliphatic rings. The Kier molecular flexibility index (Phi) is 6.81. The van der Waals surface area contributed by atoms with Crippen LogP contribution < -0.4 is 0 Å². The van der Waals surface area contributed by atoms with Gasteiger partial charge in [0.05, 0.1) is 25.9 Å². The van der Waals surface area contributed by atoms with Crippen LogP contribution in [0.25, 0.3) is 0 Å². The SMILES string of the molecule is CCOP(=O)(CCc1cccc2c1CC(C(=O)O)N(C(=O)O)C2)OCC. The fourth-order valence-electron chi connectivity index (χ4n) is 3.17. The van der Waals surface area contributed by atoms with Gasteiger partial charge in [0.1, 0.15) is 6.04 Å². The number of carboxylic acids is 1. The summed E-state index contributed by atoms with van der Waals surface area (Å²) in [6.45, 7) is 4.06. The molecule has 0 aromatic heterocycles. The van der Waals surface area contributed by atoms with Gasteiger partial charge >= 0.3 is 19.7 Å². The maximum absolute atomic E-state index is 12.6. The summed E-state index contributed by atoms with van der Waals surface area (Å²) in [5.74, 6) is -1.18. The van der Waals surface area contributed by atoms with E-state index in [0.29, 0.717) is 6.42 Å². The lowest BCUT2D eigenvalue weighted by Crippen LogP contribution is -2.48. The Morgan fingerprint density at radius 1 is 1.23 bits per heavy atom. The summed E-state index contributed by atoms with van der Waals surface area (Å²) in [7, 11) is -3.20. The maximum Gasteiger partial charge on any atom is 0.408 e. The smallest absolute Gasteiger partial charge is 0.408 e. The minimum Gasteiger partial charge on any atom is -0.480 e. The molecular formula is C17H24NO7P. The van der Waals surface area contributed by atoms with Crippen molar-refractivity contribution < 1.29 is 33.4 Å². The molecule has 1 aromatic carbocycles. The van der Waals surface area contributed by atoms with E-state index in [1.165, 1.54) is 0 Å². The zero-order valence-electron chi connectivity index (χ0n) is 14.9. The Morgan fingerprint density at radius 2 is 1.88 bits per heavy atom. The van der Waals surface area contributed by atoms with Crippen molar-refractivity contribution in [2.75, 3.05) is 19.4 Å². The third-order valence-electron chi connectivity index (χ3n) is 4.32. The first-order valence-corrected chi connectivity index (χ1v) is 10.2. The Labute approximate surface area is 152 Å². The van der Waals surface area contributed by atoms with E-state index in [1.54, 1.807) is 26.0 Å². The van der Waals surface area contributed by atoms with Crippen LogP contribution in [0.2, 0.25) is 0 Å². The van der Waals surface area contributed by atoms with Gasteiger partial charge in [-0.05, 0) is 37.0 Å². The Morgan fingerprint density at radius 3 is 2.42 bits per heavy atom. The molecule has 0 saturated carbocycles. The second kappa shape index (κ2) is 8.66. The number of aliphatic carboxylic acids is 1. The normalized spacial score (nSPS) is 17.0. The van der Waals surface area contributed by atoms with Crippen molar-refractivity contribution in [1.29, 1.82) is 0 Å². The molecule has 1 unspecified atom stereocenters. The van der Waals surface area contributed by atoms with Crippen molar-refractivity contribution in [2.45, 2.75) is 39.3 Å². The molecule has 1 aromatic rings. The molecule has 9 heteroatoms. The van der Waals surface area contributed by atoms with Crippen LogP contribution in [0, 0.1) is 0 Å². The second-order valence-electron chi connectivity index (χ2n) is 5.94. The Hall–Kier alpha value is -1.89. The highest BCUT2D eigenvalue weighted by Crippen LogP contribution is 2.48. The third-order valence-corrected chi connectivity index (χ3v) is 6.40. The van der Waals surface area contributed by atoms with Gasteiger partial charge in [-0.15, -0.1) is 0 Å². The highest BCUT2D eigenvalue weighted by Gasteiger charge is 2.35. The van der Waals surface area contributed by atoms with Gasteiger partial charge in [0.2, 0.25) is 0 Å². The van der Waals surface area contributed by atoms with Crippen LogP contribution in [0.1, 0.15) is 30.5 Å². The van der Waals surface area contributed by atoms with E-state index >= 15 is 0 Å². The van der Waals surface area contributed by atoms with Crippen LogP contribution in [0.15, 0.2) is 18.2 Å². The van der Waals surface area contributed by atoms with Gasteiger partial charge in [0.25, 0.3) is 0 Å². The number of carboxylic acid groups (broad SMARTS) is 2. The van der Waals surface area contributed by atoms with E-state index in [1.807, 2.05) is 6.07 Å². The van der Waals surface area contributed by atoms with Crippen molar-refractivity contribution in [3.8, 4) is 0 Å².